The maximum atomic E-state index is 12.5. The minimum absolute atomic E-state index is 0.0776. The fourth-order valence-electron chi connectivity index (χ4n) is 1.00. The Kier molecular flexibility index (Phi) is 4.03. The highest BCUT2D eigenvalue weighted by atomic mass is 127. The molecule has 5 heteroatoms. The molecule has 0 aromatic carbocycles. The van der Waals surface area contributed by atoms with Crippen LogP contribution in [-0.2, 0) is 5.33 Å². The van der Waals surface area contributed by atoms with E-state index in [0.29, 0.717) is 20.3 Å². The number of aromatic nitrogens is 1. The van der Waals surface area contributed by atoms with E-state index in [1.54, 1.807) is 6.92 Å². The molecule has 0 N–H and O–H groups in total. The molecule has 0 spiro atoms. The summed E-state index contributed by atoms with van der Waals surface area (Å²) in [6.07, 6.45) is -2.42. The standard InChI is InChI=1S/C8H7BrF2IN/c1-4-5(8(10)11)2-7(12)13-6(4)3-9/h2,8H,3H2,1H3. The van der Waals surface area contributed by atoms with Crippen LogP contribution in [0.3, 0.4) is 0 Å². The van der Waals surface area contributed by atoms with Crippen molar-refractivity contribution in [2.75, 3.05) is 0 Å². The molecule has 13 heavy (non-hydrogen) atoms. The Morgan fingerprint density at radius 1 is 1.62 bits per heavy atom. The number of nitrogens with zero attached hydrogens (tertiary/aromatic N) is 1. The van der Waals surface area contributed by atoms with E-state index in [0.717, 1.165) is 0 Å². The van der Waals surface area contributed by atoms with Crippen LogP contribution in [0, 0.1) is 10.6 Å². The van der Waals surface area contributed by atoms with Gasteiger partial charge >= 0.3 is 0 Å². The summed E-state index contributed by atoms with van der Waals surface area (Å²) < 4.78 is 25.6. The molecule has 1 rings (SSSR count). The Hall–Kier alpha value is 0.220. The molecular formula is C8H7BrF2IN. The van der Waals surface area contributed by atoms with Crippen LogP contribution in [-0.4, -0.2) is 4.98 Å². The summed E-state index contributed by atoms with van der Waals surface area (Å²) in [5.41, 5.74) is 1.34. The number of rotatable bonds is 2. The van der Waals surface area contributed by atoms with Crippen molar-refractivity contribution in [2.45, 2.75) is 18.7 Å². The lowest BCUT2D eigenvalue weighted by Crippen LogP contribution is -1.99. The Morgan fingerprint density at radius 2 is 2.23 bits per heavy atom. The molecule has 0 aliphatic heterocycles. The quantitative estimate of drug-likeness (QED) is 0.443. The van der Waals surface area contributed by atoms with Crippen molar-refractivity contribution in [3.05, 3.63) is 26.6 Å². The molecule has 0 aliphatic carbocycles. The molecule has 72 valence electrons. The van der Waals surface area contributed by atoms with Gasteiger partial charge in [0.1, 0.15) is 3.70 Å². The van der Waals surface area contributed by atoms with Gasteiger partial charge in [-0.3, -0.25) is 0 Å². The SMILES string of the molecule is Cc1c(C(F)F)cc(I)nc1CBr. The van der Waals surface area contributed by atoms with E-state index in [-0.39, 0.29) is 5.56 Å². The maximum absolute atomic E-state index is 12.5. The fraction of sp³-hybridized carbons (Fsp3) is 0.375. The summed E-state index contributed by atoms with van der Waals surface area (Å²) in [6.45, 7) is 1.67. The summed E-state index contributed by atoms with van der Waals surface area (Å²) in [5, 5.41) is 0.509. The number of halogens is 4. The second-order valence-corrected chi connectivity index (χ2v) is 4.21. The first-order valence-corrected chi connectivity index (χ1v) is 5.76. The van der Waals surface area contributed by atoms with Crippen molar-refractivity contribution in [1.29, 1.82) is 0 Å². The van der Waals surface area contributed by atoms with Gasteiger partial charge in [-0.1, -0.05) is 15.9 Å². The second-order valence-electron chi connectivity index (χ2n) is 2.54. The molecule has 0 amide bonds. The van der Waals surface area contributed by atoms with Crippen LogP contribution >= 0.6 is 38.5 Å². The smallest absolute Gasteiger partial charge is 0.246 e. The Labute approximate surface area is 97.2 Å². The molecule has 1 heterocycles. The topological polar surface area (TPSA) is 12.9 Å². The van der Waals surface area contributed by atoms with Gasteiger partial charge < -0.3 is 0 Å². The van der Waals surface area contributed by atoms with Crippen molar-refractivity contribution in [3.8, 4) is 0 Å². The molecular weight excluding hydrogens is 355 g/mol. The molecule has 1 nitrogen and oxygen atoms in total. The molecule has 1 aromatic heterocycles. The van der Waals surface area contributed by atoms with E-state index in [1.165, 1.54) is 6.07 Å². The van der Waals surface area contributed by atoms with Crippen LogP contribution in [0.15, 0.2) is 6.07 Å². The molecule has 0 aliphatic rings. The van der Waals surface area contributed by atoms with Gasteiger partial charge in [0.05, 0.1) is 5.69 Å². The molecule has 0 atom stereocenters. The van der Waals surface area contributed by atoms with Crippen LogP contribution < -0.4 is 0 Å². The first kappa shape index (κ1) is 11.3. The van der Waals surface area contributed by atoms with E-state index >= 15 is 0 Å². The molecule has 0 fully saturated rings. The summed E-state index contributed by atoms with van der Waals surface area (Å²) in [7, 11) is 0. The Balaban J connectivity index is 3.27. The minimum atomic E-state index is -2.42. The first-order chi connectivity index (χ1) is 6.06. The summed E-state index contributed by atoms with van der Waals surface area (Å²) in [6, 6.07) is 1.42. The number of hydrogen-bond acceptors (Lipinski definition) is 1. The van der Waals surface area contributed by atoms with Crippen LogP contribution in [0.25, 0.3) is 0 Å². The monoisotopic (exact) mass is 361 g/mol. The van der Waals surface area contributed by atoms with E-state index in [1.807, 2.05) is 22.6 Å². The second kappa shape index (κ2) is 4.63. The van der Waals surface area contributed by atoms with Crippen LogP contribution in [0.5, 0.6) is 0 Å². The fourth-order valence-corrected chi connectivity index (χ4v) is 2.18. The molecule has 1 aromatic rings. The van der Waals surface area contributed by atoms with Crippen molar-refractivity contribution >= 4 is 38.5 Å². The number of hydrogen-bond donors (Lipinski definition) is 0. The normalized spacial score (nSPS) is 10.9. The highest BCUT2D eigenvalue weighted by Gasteiger charge is 2.14. The van der Waals surface area contributed by atoms with Gasteiger partial charge in [0, 0.05) is 10.9 Å². The Bertz CT molecular complexity index is 317. The lowest BCUT2D eigenvalue weighted by Gasteiger charge is -2.08. The van der Waals surface area contributed by atoms with Gasteiger partial charge in [-0.15, -0.1) is 0 Å². The molecule has 0 saturated heterocycles. The van der Waals surface area contributed by atoms with Gasteiger partial charge in [-0.05, 0) is 41.1 Å². The summed E-state index contributed by atoms with van der Waals surface area (Å²) in [5.74, 6) is 0. The van der Waals surface area contributed by atoms with Crippen LogP contribution in [0.4, 0.5) is 8.78 Å². The zero-order valence-electron chi connectivity index (χ0n) is 6.82. The summed E-state index contributed by atoms with van der Waals surface area (Å²) in [4.78, 5) is 4.14. The van der Waals surface area contributed by atoms with Gasteiger partial charge in [0.25, 0.3) is 6.43 Å². The number of pyridine rings is 1. The lowest BCUT2D eigenvalue weighted by molar-refractivity contribution is 0.150. The van der Waals surface area contributed by atoms with Crippen LogP contribution in [0.2, 0.25) is 0 Å². The average molecular weight is 362 g/mol. The van der Waals surface area contributed by atoms with Crippen molar-refractivity contribution < 1.29 is 8.78 Å². The van der Waals surface area contributed by atoms with Gasteiger partial charge in [-0.25, -0.2) is 13.8 Å². The predicted octanol–water partition coefficient (Wildman–Crippen LogP) is 3.83. The Morgan fingerprint density at radius 3 is 2.69 bits per heavy atom. The lowest BCUT2D eigenvalue weighted by atomic mass is 10.1. The van der Waals surface area contributed by atoms with Gasteiger partial charge in [-0.2, -0.15) is 0 Å². The largest absolute Gasteiger partial charge is 0.264 e. The van der Waals surface area contributed by atoms with E-state index < -0.39 is 6.43 Å². The summed E-state index contributed by atoms with van der Waals surface area (Å²) >= 11 is 5.15. The molecule has 0 bridgehead atoms. The average Bonchev–Trinajstić information content (AvgIpc) is 2.08. The van der Waals surface area contributed by atoms with E-state index in [4.69, 9.17) is 0 Å². The van der Waals surface area contributed by atoms with Crippen molar-refractivity contribution in [1.82, 2.24) is 4.98 Å². The van der Waals surface area contributed by atoms with Crippen molar-refractivity contribution in [2.24, 2.45) is 0 Å². The van der Waals surface area contributed by atoms with Gasteiger partial charge in [0.15, 0.2) is 0 Å². The van der Waals surface area contributed by atoms with Crippen molar-refractivity contribution in [3.63, 3.8) is 0 Å². The minimum Gasteiger partial charge on any atom is -0.246 e. The first-order valence-electron chi connectivity index (χ1n) is 3.56. The zero-order chi connectivity index (χ0) is 10.0. The highest BCUT2D eigenvalue weighted by Crippen LogP contribution is 2.26. The third-order valence-electron chi connectivity index (χ3n) is 1.74. The van der Waals surface area contributed by atoms with Crippen LogP contribution in [0.1, 0.15) is 23.2 Å². The molecule has 0 unspecified atom stereocenters. The highest BCUT2D eigenvalue weighted by molar-refractivity contribution is 14.1. The third-order valence-corrected chi connectivity index (χ3v) is 2.83. The third kappa shape index (κ3) is 2.59. The zero-order valence-corrected chi connectivity index (χ0v) is 10.6. The number of alkyl halides is 3. The maximum Gasteiger partial charge on any atom is 0.264 e. The molecule has 0 saturated carbocycles. The van der Waals surface area contributed by atoms with E-state index in [2.05, 4.69) is 20.9 Å². The van der Waals surface area contributed by atoms with E-state index in [9.17, 15) is 8.78 Å². The van der Waals surface area contributed by atoms with Gasteiger partial charge in [0.2, 0.25) is 0 Å². The predicted molar refractivity (Wildman–Crippen MR) is 59.3 cm³/mol. The molecule has 0 radical (unpaired) electrons.